The molecular formula is C32H42N2O3. The SMILES string of the molecule is Cc1c(OCCCNC(CO)c2ccccc2)cccc1-c1cccc(OCCCN2CCCC2)c1C. The van der Waals surface area contributed by atoms with Crippen LogP contribution in [0, 0.1) is 13.8 Å². The second-order valence-electron chi connectivity index (χ2n) is 9.91. The quantitative estimate of drug-likeness (QED) is 0.268. The number of aliphatic hydroxyl groups is 1. The van der Waals surface area contributed by atoms with Crippen molar-refractivity contribution >= 4 is 0 Å². The van der Waals surface area contributed by atoms with Gasteiger partial charge in [0.25, 0.3) is 0 Å². The Hall–Kier alpha value is -2.86. The summed E-state index contributed by atoms with van der Waals surface area (Å²) < 4.78 is 12.4. The van der Waals surface area contributed by atoms with Gasteiger partial charge in [0.15, 0.2) is 0 Å². The van der Waals surface area contributed by atoms with Gasteiger partial charge >= 0.3 is 0 Å². The molecule has 3 aromatic carbocycles. The number of likely N-dealkylation sites (tertiary alicyclic amines) is 1. The topological polar surface area (TPSA) is 54.0 Å². The molecule has 1 atom stereocenters. The number of aliphatic hydroxyl groups excluding tert-OH is 1. The van der Waals surface area contributed by atoms with Crippen LogP contribution in [-0.2, 0) is 0 Å². The molecule has 0 spiro atoms. The summed E-state index contributed by atoms with van der Waals surface area (Å²) in [6.07, 6.45) is 4.58. The highest BCUT2D eigenvalue weighted by atomic mass is 16.5. The Morgan fingerprint density at radius 1 is 0.784 bits per heavy atom. The number of rotatable bonds is 14. The van der Waals surface area contributed by atoms with Gasteiger partial charge in [-0.05, 0) is 99.1 Å². The zero-order valence-electron chi connectivity index (χ0n) is 22.4. The molecule has 0 aliphatic carbocycles. The predicted octanol–water partition coefficient (Wildman–Crippen LogP) is 5.93. The number of nitrogens with one attached hydrogen (secondary N) is 1. The maximum atomic E-state index is 9.73. The molecule has 1 aliphatic heterocycles. The number of hydrogen-bond donors (Lipinski definition) is 2. The molecule has 1 aliphatic rings. The van der Waals surface area contributed by atoms with Crippen molar-refractivity contribution in [2.45, 2.75) is 45.6 Å². The second-order valence-corrected chi connectivity index (χ2v) is 9.91. The molecule has 0 saturated carbocycles. The van der Waals surface area contributed by atoms with E-state index in [0.717, 1.165) is 55.2 Å². The van der Waals surface area contributed by atoms with Crippen molar-refractivity contribution in [3.05, 3.63) is 83.4 Å². The highest BCUT2D eigenvalue weighted by molar-refractivity contribution is 5.74. The third-order valence-electron chi connectivity index (χ3n) is 7.29. The fraction of sp³-hybridized carbons (Fsp3) is 0.438. The van der Waals surface area contributed by atoms with Crippen LogP contribution in [0.25, 0.3) is 11.1 Å². The van der Waals surface area contributed by atoms with Crippen LogP contribution in [0.5, 0.6) is 11.5 Å². The lowest BCUT2D eigenvalue weighted by Gasteiger charge is -2.18. The Morgan fingerprint density at radius 2 is 1.38 bits per heavy atom. The first kappa shape index (κ1) is 27.2. The van der Waals surface area contributed by atoms with E-state index in [0.29, 0.717) is 6.61 Å². The first-order valence-electron chi connectivity index (χ1n) is 13.7. The minimum Gasteiger partial charge on any atom is -0.493 e. The normalized spacial score (nSPS) is 14.6. The van der Waals surface area contributed by atoms with Crippen LogP contribution in [0.1, 0.15) is 48.4 Å². The highest BCUT2D eigenvalue weighted by Gasteiger charge is 2.14. The summed E-state index contributed by atoms with van der Waals surface area (Å²) in [7, 11) is 0. The maximum absolute atomic E-state index is 9.73. The van der Waals surface area contributed by atoms with E-state index in [1.807, 2.05) is 36.4 Å². The van der Waals surface area contributed by atoms with Gasteiger partial charge in [-0.3, -0.25) is 0 Å². The Bertz CT molecular complexity index is 1100. The van der Waals surface area contributed by atoms with Gasteiger partial charge in [0.05, 0.1) is 25.9 Å². The molecule has 5 nitrogen and oxygen atoms in total. The van der Waals surface area contributed by atoms with Gasteiger partial charge in [-0.2, -0.15) is 0 Å². The van der Waals surface area contributed by atoms with Gasteiger partial charge in [0.2, 0.25) is 0 Å². The van der Waals surface area contributed by atoms with Gasteiger partial charge in [-0.25, -0.2) is 0 Å². The molecule has 1 unspecified atom stereocenters. The van der Waals surface area contributed by atoms with Crippen LogP contribution < -0.4 is 14.8 Å². The van der Waals surface area contributed by atoms with Crippen molar-refractivity contribution in [3.63, 3.8) is 0 Å². The predicted molar refractivity (Wildman–Crippen MR) is 152 cm³/mol. The van der Waals surface area contributed by atoms with Crippen molar-refractivity contribution in [1.29, 1.82) is 0 Å². The smallest absolute Gasteiger partial charge is 0.122 e. The van der Waals surface area contributed by atoms with Crippen LogP contribution in [0.3, 0.4) is 0 Å². The molecule has 3 aromatic rings. The molecule has 0 amide bonds. The lowest BCUT2D eigenvalue weighted by molar-refractivity contribution is 0.238. The number of benzene rings is 3. The van der Waals surface area contributed by atoms with Gasteiger partial charge in [0, 0.05) is 6.54 Å². The Balaban J connectivity index is 1.30. The van der Waals surface area contributed by atoms with Gasteiger partial charge < -0.3 is 24.8 Å². The van der Waals surface area contributed by atoms with Crippen LogP contribution in [0.2, 0.25) is 0 Å². The summed E-state index contributed by atoms with van der Waals surface area (Å²) in [5, 5.41) is 13.2. The van der Waals surface area contributed by atoms with E-state index in [4.69, 9.17) is 9.47 Å². The van der Waals surface area contributed by atoms with Gasteiger partial charge in [0.1, 0.15) is 11.5 Å². The third-order valence-corrected chi connectivity index (χ3v) is 7.29. The van der Waals surface area contributed by atoms with E-state index >= 15 is 0 Å². The van der Waals surface area contributed by atoms with Crippen molar-refractivity contribution < 1.29 is 14.6 Å². The first-order chi connectivity index (χ1) is 18.2. The summed E-state index contributed by atoms with van der Waals surface area (Å²) in [4.78, 5) is 2.53. The molecule has 0 bridgehead atoms. The molecule has 2 N–H and O–H groups in total. The molecule has 5 heteroatoms. The van der Waals surface area contributed by atoms with E-state index in [1.165, 1.54) is 42.6 Å². The van der Waals surface area contributed by atoms with E-state index in [-0.39, 0.29) is 12.6 Å². The monoisotopic (exact) mass is 502 g/mol. The molecule has 4 rings (SSSR count). The van der Waals surface area contributed by atoms with Gasteiger partial charge in [-0.15, -0.1) is 0 Å². The van der Waals surface area contributed by atoms with Gasteiger partial charge in [-0.1, -0.05) is 54.6 Å². The lowest BCUT2D eigenvalue weighted by Crippen LogP contribution is -2.26. The summed E-state index contributed by atoms with van der Waals surface area (Å²) in [5.41, 5.74) is 5.78. The minimum absolute atomic E-state index is 0.0519. The summed E-state index contributed by atoms with van der Waals surface area (Å²) in [6.45, 7) is 10.1. The molecule has 1 fully saturated rings. The molecule has 198 valence electrons. The van der Waals surface area contributed by atoms with E-state index < -0.39 is 0 Å². The molecule has 0 aromatic heterocycles. The van der Waals surface area contributed by atoms with Crippen LogP contribution >= 0.6 is 0 Å². The molecule has 0 radical (unpaired) electrons. The Morgan fingerprint density at radius 3 is 1.97 bits per heavy atom. The standard InChI is InChI=1S/C32H42N2O3/c1-25-28(29-15-9-17-32(26(29)2)37-23-11-21-34-19-6-7-20-34)14-8-16-31(25)36-22-10-18-33-30(24-35)27-12-4-3-5-13-27/h3-5,8-9,12-17,30,33,35H,6-7,10-11,18-24H2,1-2H3. The Kier molecular flexibility index (Phi) is 10.4. The van der Waals surface area contributed by atoms with Crippen molar-refractivity contribution in [1.82, 2.24) is 10.2 Å². The summed E-state index contributed by atoms with van der Waals surface area (Å²) in [6, 6.07) is 22.6. The number of ether oxygens (including phenoxy) is 2. The van der Waals surface area contributed by atoms with Crippen LogP contribution in [0.4, 0.5) is 0 Å². The molecular weight excluding hydrogens is 460 g/mol. The fourth-order valence-electron chi connectivity index (χ4n) is 5.11. The maximum Gasteiger partial charge on any atom is 0.122 e. The molecule has 37 heavy (non-hydrogen) atoms. The van der Waals surface area contributed by atoms with Crippen LogP contribution in [-0.4, -0.2) is 56.0 Å². The van der Waals surface area contributed by atoms with Crippen molar-refractivity contribution in [2.75, 3.05) is 46.0 Å². The average molecular weight is 503 g/mol. The van der Waals surface area contributed by atoms with E-state index in [9.17, 15) is 5.11 Å². The van der Waals surface area contributed by atoms with Crippen LogP contribution in [0.15, 0.2) is 66.7 Å². The zero-order valence-corrected chi connectivity index (χ0v) is 22.4. The lowest BCUT2D eigenvalue weighted by atomic mass is 9.95. The Labute approximate surface area is 222 Å². The van der Waals surface area contributed by atoms with E-state index in [2.05, 4.69) is 54.4 Å². The number of nitrogens with zero attached hydrogens (tertiary/aromatic N) is 1. The third kappa shape index (κ3) is 7.57. The van der Waals surface area contributed by atoms with E-state index in [1.54, 1.807) is 0 Å². The average Bonchev–Trinajstić information content (AvgIpc) is 3.45. The summed E-state index contributed by atoms with van der Waals surface area (Å²) in [5.74, 6) is 1.88. The fourth-order valence-corrected chi connectivity index (χ4v) is 5.11. The zero-order chi connectivity index (χ0) is 25.9. The van der Waals surface area contributed by atoms with Crippen molar-refractivity contribution in [3.8, 4) is 22.6 Å². The highest BCUT2D eigenvalue weighted by Crippen LogP contribution is 2.35. The summed E-state index contributed by atoms with van der Waals surface area (Å²) >= 11 is 0. The molecule has 1 saturated heterocycles. The number of hydrogen-bond acceptors (Lipinski definition) is 5. The first-order valence-corrected chi connectivity index (χ1v) is 13.7. The molecule has 1 heterocycles. The largest absolute Gasteiger partial charge is 0.493 e. The minimum atomic E-state index is -0.0519. The second kappa shape index (κ2) is 14.2. The van der Waals surface area contributed by atoms with Crippen molar-refractivity contribution in [2.24, 2.45) is 0 Å².